The molecule has 1 heterocycles. The van der Waals surface area contributed by atoms with Crippen LogP contribution in [0.4, 0.5) is 0 Å². The minimum Gasteiger partial charge on any atom is -0.489 e. The van der Waals surface area contributed by atoms with Crippen molar-refractivity contribution in [2.75, 3.05) is 12.8 Å². The number of rotatable bonds is 8. The summed E-state index contributed by atoms with van der Waals surface area (Å²) < 4.78 is 5.84. The number of hydrogen-bond donors (Lipinski definition) is 2. The monoisotopic (exact) mass is 428 g/mol. The van der Waals surface area contributed by atoms with Crippen LogP contribution < -0.4 is 10.2 Å². The molecule has 3 atom stereocenters. The number of hydroxylamine groups is 1. The van der Waals surface area contributed by atoms with E-state index in [-0.39, 0.29) is 11.2 Å². The van der Waals surface area contributed by atoms with Crippen LogP contribution in [0.2, 0.25) is 0 Å². The molecule has 2 aromatic carbocycles. The Labute approximate surface area is 181 Å². The maximum Gasteiger partial charge on any atom is 0.267 e. The lowest BCUT2D eigenvalue weighted by atomic mass is 9.81. The molecule has 6 nitrogen and oxygen atoms in total. The number of amides is 2. The standard InChI is InChI=1S/C23H28N2O4S/c1-16(30-3)20(21(26)24-28)25-14-13-23(2,22(25)27)18-9-11-19(12-10-18)29-15-17-7-5-4-6-8-17/h4-12,16,20,28H,13-15H2,1-3H3,(H,24,26). The Morgan fingerprint density at radius 2 is 1.90 bits per heavy atom. The Morgan fingerprint density at radius 1 is 1.23 bits per heavy atom. The summed E-state index contributed by atoms with van der Waals surface area (Å²) in [6.45, 7) is 4.73. The van der Waals surface area contributed by atoms with Crippen molar-refractivity contribution in [1.82, 2.24) is 10.4 Å². The second-order valence-corrected chi connectivity index (χ2v) is 8.96. The van der Waals surface area contributed by atoms with E-state index in [1.54, 1.807) is 10.4 Å². The average molecular weight is 429 g/mol. The van der Waals surface area contributed by atoms with Gasteiger partial charge in [0.2, 0.25) is 5.91 Å². The van der Waals surface area contributed by atoms with E-state index in [2.05, 4.69) is 0 Å². The van der Waals surface area contributed by atoms with E-state index in [9.17, 15) is 9.59 Å². The van der Waals surface area contributed by atoms with E-state index in [4.69, 9.17) is 9.94 Å². The molecule has 0 spiro atoms. The van der Waals surface area contributed by atoms with Crippen molar-refractivity contribution < 1.29 is 19.5 Å². The van der Waals surface area contributed by atoms with Gasteiger partial charge in [-0.2, -0.15) is 11.8 Å². The van der Waals surface area contributed by atoms with Gasteiger partial charge in [0, 0.05) is 11.8 Å². The molecule has 7 heteroatoms. The molecule has 30 heavy (non-hydrogen) atoms. The third-order valence-electron chi connectivity index (χ3n) is 5.86. The van der Waals surface area contributed by atoms with Crippen LogP contribution in [0.5, 0.6) is 5.75 Å². The third kappa shape index (κ3) is 4.47. The van der Waals surface area contributed by atoms with E-state index in [1.807, 2.05) is 74.7 Å². The van der Waals surface area contributed by atoms with Crippen molar-refractivity contribution in [3.05, 3.63) is 65.7 Å². The minimum atomic E-state index is -0.718. The maximum atomic E-state index is 13.3. The largest absolute Gasteiger partial charge is 0.489 e. The Balaban J connectivity index is 1.73. The van der Waals surface area contributed by atoms with Crippen molar-refractivity contribution in [2.24, 2.45) is 0 Å². The minimum absolute atomic E-state index is 0.102. The SMILES string of the molecule is CSC(C)C(C(=O)NO)N1CCC(C)(c2ccc(OCc3ccccc3)cc2)C1=O. The molecule has 1 aliphatic rings. The fraction of sp³-hybridized carbons (Fsp3) is 0.391. The zero-order valence-electron chi connectivity index (χ0n) is 17.5. The summed E-state index contributed by atoms with van der Waals surface area (Å²) in [5, 5.41) is 9.00. The number of nitrogens with zero attached hydrogens (tertiary/aromatic N) is 1. The lowest BCUT2D eigenvalue weighted by molar-refractivity contribution is -0.143. The topological polar surface area (TPSA) is 78.9 Å². The first-order valence-electron chi connectivity index (χ1n) is 9.96. The number of ether oxygens (including phenoxy) is 1. The van der Waals surface area contributed by atoms with Crippen LogP contribution in [0.1, 0.15) is 31.4 Å². The summed E-state index contributed by atoms with van der Waals surface area (Å²) in [4.78, 5) is 27.2. The number of thioether (sulfide) groups is 1. The van der Waals surface area contributed by atoms with Gasteiger partial charge in [0.25, 0.3) is 5.91 Å². The summed E-state index contributed by atoms with van der Waals surface area (Å²) in [7, 11) is 0. The summed E-state index contributed by atoms with van der Waals surface area (Å²) in [5.74, 6) is 0.0797. The zero-order chi connectivity index (χ0) is 21.7. The molecule has 3 unspecified atom stereocenters. The Morgan fingerprint density at radius 3 is 2.50 bits per heavy atom. The number of carbonyl (C=O) groups excluding carboxylic acids is 2. The highest BCUT2D eigenvalue weighted by Gasteiger charge is 2.48. The number of likely N-dealkylation sites (tertiary alicyclic amines) is 1. The van der Waals surface area contributed by atoms with Crippen LogP contribution in [-0.4, -0.2) is 46.0 Å². The highest BCUT2D eigenvalue weighted by molar-refractivity contribution is 7.99. The Kier molecular flexibility index (Phi) is 7.05. The molecule has 2 aromatic rings. The highest BCUT2D eigenvalue weighted by Crippen LogP contribution is 2.38. The van der Waals surface area contributed by atoms with Gasteiger partial charge in [-0.05, 0) is 42.9 Å². The van der Waals surface area contributed by atoms with Gasteiger partial charge in [-0.3, -0.25) is 14.8 Å². The first kappa shape index (κ1) is 22.2. The molecule has 0 saturated carbocycles. The van der Waals surface area contributed by atoms with Crippen molar-refractivity contribution in [1.29, 1.82) is 0 Å². The fourth-order valence-corrected chi connectivity index (χ4v) is 4.39. The molecular formula is C23H28N2O4S. The number of benzene rings is 2. The van der Waals surface area contributed by atoms with Gasteiger partial charge in [-0.1, -0.05) is 49.4 Å². The second kappa shape index (κ2) is 9.53. The van der Waals surface area contributed by atoms with Gasteiger partial charge in [0.1, 0.15) is 18.4 Å². The summed E-state index contributed by atoms with van der Waals surface area (Å²) in [6, 6.07) is 16.8. The fourth-order valence-electron chi connectivity index (χ4n) is 3.87. The predicted molar refractivity (Wildman–Crippen MR) is 118 cm³/mol. The number of hydrogen-bond acceptors (Lipinski definition) is 5. The lowest BCUT2D eigenvalue weighted by Gasteiger charge is -2.32. The van der Waals surface area contributed by atoms with Gasteiger partial charge in [0.15, 0.2) is 0 Å². The molecule has 1 saturated heterocycles. The van der Waals surface area contributed by atoms with E-state index in [1.165, 1.54) is 11.8 Å². The molecule has 1 aliphatic heterocycles. The Bertz CT molecular complexity index is 875. The zero-order valence-corrected chi connectivity index (χ0v) is 18.3. The van der Waals surface area contributed by atoms with Crippen LogP contribution in [0.3, 0.4) is 0 Å². The molecule has 0 radical (unpaired) electrons. The van der Waals surface area contributed by atoms with Crippen LogP contribution in [0.25, 0.3) is 0 Å². The van der Waals surface area contributed by atoms with Gasteiger partial charge < -0.3 is 9.64 Å². The molecule has 3 rings (SSSR count). The van der Waals surface area contributed by atoms with Crippen molar-refractivity contribution >= 4 is 23.6 Å². The van der Waals surface area contributed by atoms with Crippen molar-refractivity contribution in [3.63, 3.8) is 0 Å². The maximum absolute atomic E-state index is 13.3. The van der Waals surface area contributed by atoms with Gasteiger partial charge >= 0.3 is 0 Å². The number of nitrogens with one attached hydrogen (secondary N) is 1. The molecule has 2 N–H and O–H groups in total. The third-order valence-corrected chi connectivity index (χ3v) is 6.86. The van der Waals surface area contributed by atoms with E-state index in [0.29, 0.717) is 19.6 Å². The first-order valence-corrected chi connectivity index (χ1v) is 11.2. The van der Waals surface area contributed by atoms with Crippen LogP contribution in [0, 0.1) is 0 Å². The predicted octanol–water partition coefficient (Wildman–Crippen LogP) is 3.38. The smallest absolute Gasteiger partial charge is 0.267 e. The normalized spacial score (nSPS) is 20.7. The van der Waals surface area contributed by atoms with E-state index < -0.39 is 17.4 Å². The van der Waals surface area contributed by atoms with Crippen LogP contribution in [0.15, 0.2) is 54.6 Å². The summed E-state index contributed by atoms with van der Waals surface area (Å²) >= 11 is 1.48. The van der Waals surface area contributed by atoms with Crippen LogP contribution in [-0.2, 0) is 21.6 Å². The number of carbonyl (C=O) groups is 2. The molecule has 2 amide bonds. The molecule has 160 valence electrons. The van der Waals surface area contributed by atoms with Gasteiger partial charge in [0.05, 0.1) is 5.41 Å². The van der Waals surface area contributed by atoms with E-state index in [0.717, 1.165) is 16.9 Å². The van der Waals surface area contributed by atoms with Crippen molar-refractivity contribution in [3.8, 4) is 5.75 Å². The van der Waals surface area contributed by atoms with Crippen LogP contribution >= 0.6 is 11.8 Å². The molecule has 0 bridgehead atoms. The molecule has 0 aromatic heterocycles. The average Bonchev–Trinajstić information content (AvgIpc) is 3.08. The Hall–Kier alpha value is -2.51. The van der Waals surface area contributed by atoms with E-state index >= 15 is 0 Å². The lowest BCUT2D eigenvalue weighted by Crippen LogP contribution is -2.53. The first-order chi connectivity index (χ1) is 14.4. The summed E-state index contributed by atoms with van der Waals surface area (Å²) in [6.07, 6.45) is 2.49. The molecule has 0 aliphatic carbocycles. The molecule has 1 fully saturated rings. The summed E-state index contributed by atoms with van der Waals surface area (Å²) in [5.41, 5.74) is 2.98. The van der Waals surface area contributed by atoms with Gasteiger partial charge in [-0.25, -0.2) is 5.48 Å². The van der Waals surface area contributed by atoms with Gasteiger partial charge in [-0.15, -0.1) is 0 Å². The highest BCUT2D eigenvalue weighted by atomic mass is 32.2. The molecular weight excluding hydrogens is 400 g/mol. The quantitative estimate of drug-likeness (QED) is 0.498. The second-order valence-electron chi connectivity index (χ2n) is 7.74. The van der Waals surface area contributed by atoms with Crippen molar-refractivity contribution in [2.45, 2.75) is 43.6 Å².